The van der Waals surface area contributed by atoms with Crippen LogP contribution >= 0.6 is 0 Å². The van der Waals surface area contributed by atoms with Crippen LogP contribution in [0.25, 0.3) is 0 Å². The maximum atomic E-state index is 11.4. The van der Waals surface area contributed by atoms with Crippen LogP contribution in [0.15, 0.2) is 24.3 Å². The molecule has 0 aliphatic rings. The average molecular weight is 218 g/mol. The lowest BCUT2D eigenvalue weighted by Crippen LogP contribution is -2.36. The maximum absolute atomic E-state index is 11.4. The van der Waals surface area contributed by atoms with Gasteiger partial charge in [0.25, 0.3) is 5.91 Å². The fourth-order valence-electron chi connectivity index (χ4n) is 1.18. The normalized spacial score (nSPS) is 11.3. The van der Waals surface area contributed by atoms with Gasteiger partial charge in [-0.3, -0.25) is 4.79 Å². The molecule has 0 spiro atoms. The monoisotopic (exact) mass is 218 g/mol. The molecule has 1 N–H and O–H groups in total. The average Bonchev–Trinajstić information content (AvgIpc) is 2.30. The summed E-state index contributed by atoms with van der Waals surface area (Å²) in [5.41, 5.74) is 0.568. The second-order valence-electron chi connectivity index (χ2n) is 3.29. The van der Waals surface area contributed by atoms with Gasteiger partial charge in [0.1, 0.15) is 5.75 Å². The minimum atomic E-state index is -0.534. The summed E-state index contributed by atoms with van der Waals surface area (Å²) in [5, 5.41) is 11.3. The Kier molecular flexibility index (Phi) is 4.34. The Morgan fingerprint density at radius 2 is 2.12 bits per heavy atom. The van der Waals surface area contributed by atoms with Crippen LogP contribution in [-0.4, -0.2) is 18.6 Å². The highest BCUT2D eigenvalue weighted by molar-refractivity contribution is 5.80. The summed E-state index contributed by atoms with van der Waals surface area (Å²) in [5.74, 6) is 0.435. The number of carbonyl (C=O) groups is 1. The van der Waals surface area contributed by atoms with E-state index in [0.717, 1.165) is 0 Å². The highest BCUT2D eigenvalue weighted by Gasteiger charge is 2.12. The van der Waals surface area contributed by atoms with E-state index in [1.54, 1.807) is 31.2 Å². The van der Waals surface area contributed by atoms with Crippen LogP contribution in [0.5, 0.6) is 5.75 Å². The van der Waals surface area contributed by atoms with Crippen molar-refractivity contribution >= 4 is 5.91 Å². The third-order valence-corrected chi connectivity index (χ3v) is 2.02. The van der Waals surface area contributed by atoms with E-state index in [4.69, 9.17) is 10.00 Å². The molecule has 4 nitrogen and oxygen atoms in total. The molecule has 1 rings (SSSR count). The van der Waals surface area contributed by atoms with Gasteiger partial charge >= 0.3 is 0 Å². The molecule has 0 aliphatic carbocycles. The van der Waals surface area contributed by atoms with Gasteiger partial charge < -0.3 is 10.1 Å². The third kappa shape index (κ3) is 3.28. The molecule has 16 heavy (non-hydrogen) atoms. The highest BCUT2D eigenvalue weighted by Crippen LogP contribution is 2.13. The van der Waals surface area contributed by atoms with Crippen LogP contribution in [0, 0.1) is 11.3 Å². The number of nitrogens with zero attached hydrogens (tertiary/aromatic N) is 1. The van der Waals surface area contributed by atoms with Gasteiger partial charge in [-0.2, -0.15) is 5.26 Å². The Bertz CT molecular complexity index is 392. The Hall–Kier alpha value is -2.02. The largest absolute Gasteiger partial charge is 0.481 e. The Morgan fingerprint density at radius 3 is 2.62 bits per heavy atom. The van der Waals surface area contributed by atoms with Gasteiger partial charge in [-0.25, -0.2) is 0 Å². The summed E-state index contributed by atoms with van der Waals surface area (Å²) in [6.45, 7) is 4.12. The SMILES string of the molecule is CCNC(=O)[C@@H](C)Oc1ccc(C#N)cc1. The lowest BCUT2D eigenvalue weighted by Gasteiger charge is -2.13. The smallest absolute Gasteiger partial charge is 0.260 e. The second kappa shape index (κ2) is 5.76. The maximum Gasteiger partial charge on any atom is 0.260 e. The van der Waals surface area contributed by atoms with E-state index in [1.165, 1.54) is 0 Å². The van der Waals surface area contributed by atoms with Gasteiger partial charge in [-0.1, -0.05) is 0 Å². The quantitative estimate of drug-likeness (QED) is 0.832. The summed E-state index contributed by atoms with van der Waals surface area (Å²) < 4.78 is 5.41. The van der Waals surface area contributed by atoms with E-state index in [0.29, 0.717) is 17.9 Å². The Morgan fingerprint density at radius 1 is 1.50 bits per heavy atom. The first-order valence-electron chi connectivity index (χ1n) is 5.12. The molecule has 84 valence electrons. The van der Waals surface area contributed by atoms with Crippen LogP contribution in [0.3, 0.4) is 0 Å². The molecule has 0 aliphatic heterocycles. The van der Waals surface area contributed by atoms with E-state index in [9.17, 15) is 4.79 Å². The Labute approximate surface area is 94.8 Å². The van der Waals surface area contributed by atoms with Crippen molar-refractivity contribution in [3.8, 4) is 11.8 Å². The topological polar surface area (TPSA) is 62.1 Å². The zero-order valence-electron chi connectivity index (χ0n) is 9.36. The summed E-state index contributed by atoms with van der Waals surface area (Å²) in [6, 6.07) is 8.67. The third-order valence-electron chi connectivity index (χ3n) is 2.02. The molecule has 0 unspecified atom stereocenters. The van der Waals surface area contributed by atoms with Gasteiger partial charge in [0.15, 0.2) is 6.10 Å². The zero-order chi connectivity index (χ0) is 12.0. The van der Waals surface area contributed by atoms with Crippen LogP contribution in [0.2, 0.25) is 0 Å². The molecule has 1 aromatic carbocycles. The molecule has 1 atom stereocenters. The predicted octanol–water partition coefficient (Wildman–Crippen LogP) is 1.46. The molecule has 0 fully saturated rings. The van der Waals surface area contributed by atoms with Crippen molar-refractivity contribution in [1.29, 1.82) is 5.26 Å². The van der Waals surface area contributed by atoms with E-state index < -0.39 is 6.10 Å². The number of nitriles is 1. The van der Waals surface area contributed by atoms with Gasteiger partial charge in [0.2, 0.25) is 0 Å². The number of hydrogen-bond acceptors (Lipinski definition) is 3. The van der Waals surface area contributed by atoms with Crippen LogP contribution in [0.1, 0.15) is 19.4 Å². The molecule has 4 heteroatoms. The van der Waals surface area contributed by atoms with Crippen molar-refractivity contribution in [2.45, 2.75) is 20.0 Å². The first-order chi connectivity index (χ1) is 7.67. The summed E-state index contributed by atoms with van der Waals surface area (Å²) in [4.78, 5) is 11.4. The highest BCUT2D eigenvalue weighted by atomic mass is 16.5. The molecule has 1 amide bonds. The van der Waals surface area contributed by atoms with E-state index >= 15 is 0 Å². The lowest BCUT2D eigenvalue weighted by atomic mass is 10.2. The first kappa shape index (κ1) is 12.1. The van der Waals surface area contributed by atoms with Gasteiger partial charge in [-0.15, -0.1) is 0 Å². The summed E-state index contributed by atoms with van der Waals surface area (Å²) in [6.07, 6.45) is -0.534. The molecule has 0 bridgehead atoms. The number of benzene rings is 1. The van der Waals surface area contributed by atoms with Crippen molar-refractivity contribution in [3.63, 3.8) is 0 Å². The number of nitrogens with one attached hydrogen (secondary N) is 1. The molecule has 0 aromatic heterocycles. The van der Waals surface area contributed by atoms with Crippen molar-refractivity contribution in [3.05, 3.63) is 29.8 Å². The number of likely N-dealkylation sites (N-methyl/N-ethyl adjacent to an activating group) is 1. The number of ether oxygens (including phenoxy) is 1. The van der Waals surface area contributed by atoms with Crippen molar-refractivity contribution in [1.82, 2.24) is 5.32 Å². The predicted molar refractivity (Wildman–Crippen MR) is 59.9 cm³/mol. The fraction of sp³-hybridized carbons (Fsp3) is 0.333. The second-order valence-corrected chi connectivity index (χ2v) is 3.29. The van der Waals surface area contributed by atoms with Crippen LogP contribution in [-0.2, 0) is 4.79 Å². The van der Waals surface area contributed by atoms with Gasteiger partial charge in [0, 0.05) is 6.54 Å². The van der Waals surface area contributed by atoms with E-state index in [-0.39, 0.29) is 5.91 Å². The van der Waals surface area contributed by atoms with Crippen molar-refractivity contribution < 1.29 is 9.53 Å². The molecule has 0 heterocycles. The number of rotatable bonds is 4. The van der Waals surface area contributed by atoms with Gasteiger partial charge in [0.05, 0.1) is 11.6 Å². The molecular formula is C12H14N2O2. The molecule has 0 radical (unpaired) electrons. The first-order valence-corrected chi connectivity index (χ1v) is 5.12. The van der Waals surface area contributed by atoms with Crippen molar-refractivity contribution in [2.24, 2.45) is 0 Å². The Balaban J connectivity index is 2.59. The molecule has 1 aromatic rings. The van der Waals surface area contributed by atoms with E-state index in [2.05, 4.69) is 5.32 Å². The van der Waals surface area contributed by atoms with Gasteiger partial charge in [-0.05, 0) is 38.1 Å². The minimum absolute atomic E-state index is 0.146. The molecule has 0 saturated heterocycles. The lowest BCUT2D eigenvalue weighted by molar-refractivity contribution is -0.127. The standard InChI is InChI=1S/C12H14N2O2/c1-3-14-12(15)9(2)16-11-6-4-10(8-13)5-7-11/h4-7,9H,3H2,1-2H3,(H,14,15)/t9-/m1/s1. The van der Waals surface area contributed by atoms with E-state index in [1.807, 2.05) is 13.0 Å². The number of hydrogen-bond donors (Lipinski definition) is 1. The van der Waals surface area contributed by atoms with Crippen LogP contribution in [0.4, 0.5) is 0 Å². The number of carbonyl (C=O) groups excluding carboxylic acids is 1. The zero-order valence-corrected chi connectivity index (χ0v) is 9.36. The minimum Gasteiger partial charge on any atom is -0.481 e. The summed E-state index contributed by atoms with van der Waals surface area (Å²) in [7, 11) is 0. The summed E-state index contributed by atoms with van der Waals surface area (Å²) >= 11 is 0. The molecular weight excluding hydrogens is 204 g/mol. The molecule has 0 saturated carbocycles. The number of amides is 1. The fourth-order valence-corrected chi connectivity index (χ4v) is 1.18. The van der Waals surface area contributed by atoms with Crippen LogP contribution < -0.4 is 10.1 Å². The van der Waals surface area contributed by atoms with Crippen molar-refractivity contribution in [2.75, 3.05) is 6.54 Å².